The smallest absolute Gasteiger partial charge is 0.227 e. The number of aromatic amines is 2. The van der Waals surface area contributed by atoms with Gasteiger partial charge in [-0.3, -0.25) is 14.6 Å². The summed E-state index contributed by atoms with van der Waals surface area (Å²) in [7, 11) is 0. The number of piperidine rings is 1. The number of amides is 2. The molecule has 7 rings (SSSR count). The van der Waals surface area contributed by atoms with E-state index >= 15 is 0 Å². The van der Waals surface area contributed by atoms with Gasteiger partial charge < -0.3 is 19.8 Å². The Bertz CT molecular complexity index is 1590. The number of nitrogens with one attached hydrogen (secondary N) is 2. The van der Waals surface area contributed by atoms with Crippen LogP contribution in [-0.2, 0) is 21.5 Å². The summed E-state index contributed by atoms with van der Waals surface area (Å²) in [6, 6.07) is 20.8. The van der Waals surface area contributed by atoms with Crippen LogP contribution in [0.1, 0.15) is 36.0 Å². The number of hydrogen-bond acceptors (Lipinski definition) is 3. The molecule has 7 nitrogen and oxygen atoms in total. The number of para-hydroxylation sites is 2. The number of rotatable bonds is 5. The molecule has 2 amide bonds. The molecule has 0 saturated carbocycles. The number of likely N-dealkylation sites (tertiary alicyclic amines) is 2. The van der Waals surface area contributed by atoms with Crippen LogP contribution in [0, 0.1) is 5.92 Å². The fourth-order valence-electron chi connectivity index (χ4n) is 6.79. The monoisotopic (exact) mass is 517 g/mol. The van der Waals surface area contributed by atoms with Crippen molar-refractivity contribution in [1.82, 2.24) is 24.8 Å². The van der Waals surface area contributed by atoms with Crippen molar-refractivity contribution in [2.75, 3.05) is 19.6 Å². The number of carbonyl (C=O) groups excluding carboxylic acids is 2. The van der Waals surface area contributed by atoms with Gasteiger partial charge >= 0.3 is 0 Å². The average Bonchev–Trinajstić information content (AvgIpc) is 3.71. The molecule has 39 heavy (non-hydrogen) atoms. The number of pyridine rings is 1. The molecule has 2 aromatic carbocycles. The highest BCUT2D eigenvalue weighted by molar-refractivity contribution is 5.91. The van der Waals surface area contributed by atoms with Crippen molar-refractivity contribution in [2.24, 2.45) is 5.92 Å². The first-order valence-electron chi connectivity index (χ1n) is 13.7. The van der Waals surface area contributed by atoms with Gasteiger partial charge in [-0.05, 0) is 47.7 Å². The summed E-state index contributed by atoms with van der Waals surface area (Å²) < 4.78 is 0. The van der Waals surface area contributed by atoms with Gasteiger partial charge in [0.05, 0.1) is 5.92 Å². The quantitative estimate of drug-likeness (QED) is 0.344. The van der Waals surface area contributed by atoms with Gasteiger partial charge in [0, 0.05) is 84.6 Å². The highest BCUT2D eigenvalue weighted by atomic mass is 16.2. The fraction of sp³-hybridized carbons (Fsp3) is 0.281. The normalized spacial score (nSPS) is 19.3. The van der Waals surface area contributed by atoms with E-state index in [2.05, 4.69) is 75.9 Å². The fourth-order valence-corrected chi connectivity index (χ4v) is 6.79. The van der Waals surface area contributed by atoms with E-state index in [1.165, 1.54) is 21.9 Å². The lowest BCUT2D eigenvalue weighted by atomic mass is 9.67. The van der Waals surface area contributed by atoms with E-state index in [0.29, 0.717) is 26.2 Å². The number of hydrogen-bond donors (Lipinski definition) is 2. The molecule has 0 spiro atoms. The molecular formula is C32H31N5O2. The summed E-state index contributed by atoms with van der Waals surface area (Å²) >= 11 is 0. The predicted octanol–water partition coefficient (Wildman–Crippen LogP) is 5.00. The summed E-state index contributed by atoms with van der Waals surface area (Å²) in [4.78, 5) is 41.4. The Balaban J connectivity index is 1.16. The van der Waals surface area contributed by atoms with E-state index < -0.39 is 0 Å². The molecule has 5 heterocycles. The first-order valence-corrected chi connectivity index (χ1v) is 13.7. The van der Waals surface area contributed by atoms with E-state index in [-0.39, 0.29) is 29.6 Å². The van der Waals surface area contributed by atoms with Crippen LogP contribution in [0.25, 0.3) is 21.8 Å². The molecule has 0 unspecified atom stereocenters. The van der Waals surface area contributed by atoms with Crippen molar-refractivity contribution in [3.05, 3.63) is 102 Å². The summed E-state index contributed by atoms with van der Waals surface area (Å²) in [5.41, 5.74) is 5.58. The second-order valence-corrected chi connectivity index (χ2v) is 10.9. The number of carbonyl (C=O) groups is 2. The van der Waals surface area contributed by atoms with Gasteiger partial charge in [-0.2, -0.15) is 0 Å². The lowest BCUT2D eigenvalue weighted by molar-refractivity contribution is -0.137. The maximum atomic E-state index is 13.7. The lowest BCUT2D eigenvalue weighted by Crippen LogP contribution is -2.47. The molecule has 7 heteroatoms. The first-order chi connectivity index (χ1) is 19.1. The van der Waals surface area contributed by atoms with Crippen molar-refractivity contribution in [3.63, 3.8) is 0 Å². The van der Waals surface area contributed by atoms with Crippen LogP contribution in [-0.4, -0.2) is 56.2 Å². The second kappa shape index (κ2) is 9.42. The Hall–Kier alpha value is -4.39. The van der Waals surface area contributed by atoms with Crippen LogP contribution < -0.4 is 0 Å². The average molecular weight is 518 g/mol. The molecule has 0 radical (unpaired) electrons. The van der Waals surface area contributed by atoms with Gasteiger partial charge in [0.2, 0.25) is 11.8 Å². The van der Waals surface area contributed by atoms with Crippen LogP contribution in [0.2, 0.25) is 0 Å². The highest BCUT2D eigenvalue weighted by Crippen LogP contribution is 2.47. The number of H-pyrrole nitrogens is 2. The first kappa shape index (κ1) is 23.7. The SMILES string of the molecule is O=C1C[C@@H](C(=O)N2CCC(c3c[nH]c4ccccc34)(c3c[nH]c4ccccc34)CC2)CN1Cc1cccnc1. The maximum absolute atomic E-state index is 13.7. The predicted molar refractivity (Wildman–Crippen MR) is 151 cm³/mol. The van der Waals surface area contributed by atoms with Gasteiger partial charge in [-0.15, -0.1) is 0 Å². The molecule has 1 atom stereocenters. The zero-order valence-electron chi connectivity index (χ0n) is 21.8. The summed E-state index contributed by atoms with van der Waals surface area (Å²) in [5, 5.41) is 2.46. The maximum Gasteiger partial charge on any atom is 0.227 e. The zero-order valence-corrected chi connectivity index (χ0v) is 21.8. The Kier molecular flexibility index (Phi) is 5.72. The van der Waals surface area contributed by atoms with Crippen molar-refractivity contribution in [2.45, 2.75) is 31.2 Å². The van der Waals surface area contributed by atoms with Crippen LogP contribution in [0.4, 0.5) is 0 Å². The molecule has 5 aromatic rings. The van der Waals surface area contributed by atoms with Crippen molar-refractivity contribution < 1.29 is 9.59 Å². The van der Waals surface area contributed by atoms with Gasteiger partial charge in [-0.1, -0.05) is 42.5 Å². The molecular weight excluding hydrogens is 486 g/mol. The molecule has 2 fully saturated rings. The molecule has 2 N–H and O–H groups in total. The Morgan fingerprint density at radius 2 is 1.54 bits per heavy atom. The van der Waals surface area contributed by atoms with Crippen LogP contribution in [0.15, 0.2) is 85.5 Å². The molecule has 0 bridgehead atoms. The summed E-state index contributed by atoms with van der Waals surface area (Å²) in [6.45, 7) is 2.29. The van der Waals surface area contributed by atoms with Gasteiger partial charge in [0.1, 0.15) is 0 Å². The Morgan fingerprint density at radius 3 is 2.15 bits per heavy atom. The van der Waals surface area contributed by atoms with E-state index in [9.17, 15) is 9.59 Å². The third kappa shape index (κ3) is 4.00. The van der Waals surface area contributed by atoms with Crippen molar-refractivity contribution >= 4 is 33.6 Å². The van der Waals surface area contributed by atoms with Crippen molar-refractivity contribution in [3.8, 4) is 0 Å². The Morgan fingerprint density at radius 1 is 0.897 bits per heavy atom. The van der Waals surface area contributed by atoms with Gasteiger partial charge in [-0.25, -0.2) is 0 Å². The lowest BCUT2D eigenvalue weighted by Gasteiger charge is -2.43. The minimum absolute atomic E-state index is 0.0427. The number of benzene rings is 2. The molecule has 196 valence electrons. The number of fused-ring (bicyclic) bond motifs is 2. The second-order valence-electron chi connectivity index (χ2n) is 10.9. The molecule has 0 aliphatic carbocycles. The molecule has 2 aliphatic rings. The van der Waals surface area contributed by atoms with Crippen LogP contribution in [0.3, 0.4) is 0 Å². The molecule has 3 aromatic heterocycles. The van der Waals surface area contributed by atoms with E-state index in [1.54, 1.807) is 17.3 Å². The number of nitrogens with zero attached hydrogens (tertiary/aromatic N) is 3. The highest BCUT2D eigenvalue weighted by Gasteiger charge is 2.44. The third-order valence-electron chi connectivity index (χ3n) is 8.80. The zero-order chi connectivity index (χ0) is 26.4. The summed E-state index contributed by atoms with van der Waals surface area (Å²) in [5.74, 6) is -0.146. The minimum Gasteiger partial charge on any atom is -0.361 e. The summed E-state index contributed by atoms with van der Waals surface area (Å²) in [6.07, 6.45) is 9.76. The van der Waals surface area contributed by atoms with Crippen molar-refractivity contribution in [1.29, 1.82) is 0 Å². The minimum atomic E-state index is -0.289. The molecule has 2 saturated heterocycles. The van der Waals surface area contributed by atoms with E-state index in [1.807, 2.05) is 17.0 Å². The van der Waals surface area contributed by atoms with Gasteiger partial charge in [0.25, 0.3) is 0 Å². The van der Waals surface area contributed by atoms with E-state index in [4.69, 9.17) is 0 Å². The third-order valence-corrected chi connectivity index (χ3v) is 8.80. The van der Waals surface area contributed by atoms with Gasteiger partial charge in [0.15, 0.2) is 0 Å². The Labute approximate surface area is 226 Å². The molecule has 2 aliphatic heterocycles. The van der Waals surface area contributed by atoms with Crippen LogP contribution in [0.5, 0.6) is 0 Å². The topological polar surface area (TPSA) is 85.1 Å². The standard InChI is InChI=1S/C32H31N5O2/c38-30-16-23(21-37(30)20-22-6-5-13-33-17-22)31(39)36-14-11-32(12-15-36,26-18-34-28-9-3-1-7-24(26)28)27-19-35-29-10-4-2-8-25(27)29/h1-10,13,17-19,23,34-35H,11-12,14-16,20-21H2/t23-/m1/s1. The number of aromatic nitrogens is 3. The largest absolute Gasteiger partial charge is 0.361 e. The van der Waals surface area contributed by atoms with E-state index in [0.717, 1.165) is 29.4 Å². The van der Waals surface area contributed by atoms with Crippen LogP contribution >= 0.6 is 0 Å².